The van der Waals surface area contributed by atoms with Gasteiger partial charge in [0.1, 0.15) is 8.07 Å². The summed E-state index contributed by atoms with van der Waals surface area (Å²) in [5.41, 5.74) is 6.00. The topological polar surface area (TPSA) is 0 Å². The molecular formula is C19H24Si. The van der Waals surface area contributed by atoms with Gasteiger partial charge in [-0.2, -0.15) is 0 Å². The summed E-state index contributed by atoms with van der Waals surface area (Å²) >= 11 is 0. The molecule has 0 N–H and O–H groups in total. The Labute approximate surface area is 123 Å². The highest BCUT2D eigenvalue weighted by atomic mass is 28.3. The number of aryl methyl sites for hydroxylation is 1. The predicted octanol–water partition coefficient (Wildman–Crippen LogP) is 4.10. The van der Waals surface area contributed by atoms with Gasteiger partial charge in [0.25, 0.3) is 0 Å². The van der Waals surface area contributed by atoms with Gasteiger partial charge in [-0.1, -0.05) is 75.8 Å². The molecule has 0 saturated carbocycles. The molecular weight excluding hydrogens is 256 g/mol. The van der Waals surface area contributed by atoms with E-state index >= 15 is 0 Å². The molecule has 0 aliphatic carbocycles. The number of rotatable bonds is 0. The highest BCUT2D eigenvalue weighted by molar-refractivity contribution is 7.03. The molecule has 20 heavy (non-hydrogen) atoms. The van der Waals surface area contributed by atoms with E-state index < -0.39 is 8.07 Å². The van der Waals surface area contributed by atoms with Gasteiger partial charge in [0.05, 0.1) is 0 Å². The molecule has 0 aromatic heterocycles. The summed E-state index contributed by atoms with van der Waals surface area (Å²) in [6.45, 7) is 14.0. The zero-order chi connectivity index (χ0) is 14.7. The summed E-state index contributed by atoms with van der Waals surface area (Å²) in [7, 11) is -1.49. The van der Waals surface area contributed by atoms with Gasteiger partial charge in [-0.3, -0.25) is 0 Å². The molecule has 0 bridgehead atoms. The van der Waals surface area contributed by atoms with Gasteiger partial charge in [-0.05, 0) is 39.4 Å². The average molecular weight is 280 g/mol. The number of hydrogen-bond donors (Lipinski definition) is 0. The van der Waals surface area contributed by atoms with E-state index in [0.717, 1.165) is 0 Å². The van der Waals surface area contributed by atoms with Crippen LogP contribution in [0.2, 0.25) is 13.1 Å². The molecule has 1 heterocycles. The van der Waals surface area contributed by atoms with Gasteiger partial charge in [-0.25, -0.2) is 0 Å². The van der Waals surface area contributed by atoms with E-state index in [1.807, 2.05) is 0 Å². The smallest absolute Gasteiger partial charge is 0.0617 e. The zero-order valence-corrected chi connectivity index (χ0v) is 14.5. The predicted molar refractivity (Wildman–Crippen MR) is 92.1 cm³/mol. The lowest BCUT2D eigenvalue weighted by Crippen LogP contribution is -2.49. The SMILES string of the molecule is Cc1ccc2c(c1)-c1cc(C(C)(C)C)ccc1[Si]2(C)C. The maximum atomic E-state index is 2.48. The minimum absolute atomic E-state index is 0.216. The van der Waals surface area contributed by atoms with Crippen LogP contribution in [0.5, 0.6) is 0 Å². The van der Waals surface area contributed by atoms with Gasteiger partial charge in [0.2, 0.25) is 0 Å². The number of hydrogen-bond acceptors (Lipinski definition) is 0. The molecule has 0 radical (unpaired) electrons. The average Bonchev–Trinajstić information content (AvgIpc) is 2.57. The number of fused-ring (bicyclic) bond motifs is 3. The second kappa shape index (κ2) is 4.08. The standard InChI is InChI=1S/C19H24Si/c1-13-7-9-17-15(11-13)16-12-14(19(2,3)4)8-10-18(16)20(17,5)6/h7-12H,1-6H3. The van der Waals surface area contributed by atoms with E-state index in [1.165, 1.54) is 22.3 Å². The molecule has 3 rings (SSSR count). The maximum Gasteiger partial charge on any atom is 0.113 e. The lowest BCUT2D eigenvalue weighted by atomic mass is 9.85. The fourth-order valence-electron chi connectivity index (χ4n) is 3.35. The molecule has 2 aromatic rings. The van der Waals surface area contributed by atoms with E-state index in [-0.39, 0.29) is 5.41 Å². The summed E-state index contributed by atoms with van der Waals surface area (Å²) in [5.74, 6) is 0. The van der Waals surface area contributed by atoms with Crippen molar-refractivity contribution in [3.8, 4) is 11.1 Å². The monoisotopic (exact) mass is 280 g/mol. The Hall–Kier alpha value is -1.34. The fraction of sp³-hybridized carbons (Fsp3) is 0.368. The Kier molecular flexibility index (Phi) is 2.78. The van der Waals surface area contributed by atoms with Crippen LogP contribution in [-0.2, 0) is 5.41 Å². The van der Waals surface area contributed by atoms with Crippen LogP contribution in [0.4, 0.5) is 0 Å². The van der Waals surface area contributed by atoms with E-state index in [2.05, 4.69) is 77.2 Å². The van der Waals surface area contributed by atoms with Crippen LogP contribution in [0.1, 0.15) is 31.9 Å². The van der Waals surface area contributed by atoms with Gasteiger partial charge < -0.3 is 0 Å². The molecule has 1 aliphatic rings. The van der Waals surface area contributed by atoms with Crippen LogP contribution in [0.25, 0.3) is 11.1 Å². The van der Waals surface area contributed by atoms with Crippen molar-refractivity contribution in [2.24, 2.45) is 0 Å². The third kappa shape index (κ3) is 1.88. The molecule has 0 amide bonds. The first-order chi connectivity index (χ1) is 9.21. The first-order valence-electron chi connectivity index (χ1n) is 7.48. The maximum absolute atomic E-state index is 2.48. The Morgan fingerprint density at radius 3 is 1.95 bits per heavy atom. The molecule has 0 spiro atoms. The zero-order valence-electron chi connectivity index (χ0n) is 13.5. The van der Waals surface area contributed by atoms with Crippen molar-refractivity contribution in [2.75, 3.05) is 0 Å². The molecule has 1 aliphatic heterocycles. The quantitative estimate of drug-likeness (QED) is 0.638. The van der Waals surface area contributed by atoms with E-state index in [9.17, 15) is 0 Å². The second-order valence-electron chi connectivity index (χ2n) is 7.68. The minimum atomic E-state index is -1.49. The molecule has 0 atom stereocenters. The van der Waals surface area contributed by atoms with Crippen LogP contribution in [-0.4, -0.2) is 8.07 Å². The fourth-order valence-corrected chi connectivity index (χ4v) is 6.40. The van der Waals surface area contributed by atoms with E-state index in [1.54, 1.807) is 10.4 Å². The molecule has 0 saturated heterocycles. The lowest BCUT2D eigenvalue weighted by Gasteiger charge is -2.22. The van der Waals surface area contributed by atoms with Crippen molar-refractivity contribution in [1.82, 2.24) is 0 Å². The van der Waals surface area contributed by atoms with Crippen molar-refractivity contribution in [1.29, 1.82) is 0 Å². The Balaban J connectivity index is 2.30. The van der Waals surface area contributed by atoms with Crippen molar-refractivity contribution >= 4 is 18.4 Å². The van der Waals surface area contributed by atoms with Crippen LogP contribution >= 0.6 is 0 Å². The third-order valence-corrected chi connectivity index (χ3v) is 8.26. The molecule has 0 fully saturated rings. The van der Waals surface area contributed by atoms with Crippen LogP contribution in [0, 0.1) is 6.92 Å². The van der Waals surface area contributed by atoms with Crippen molar-refractivity contribution in [2.45, 2.75) is 46.2 Å². The third-order valence-electron chi connectivity index (χ3n) is 4.70. The van der Waals surface area contributed by atoms with Gasteiger partial charge >= 0.3 is 0 Å². The van der Waals surface area contributed by atoms with Gasteiger partial charge in [-0.15, -0.1) is 0 Å². The van der Waals surface area contributed by atoms with E-state index in [4.69, 9.17) is 0 Å². The Morgan fingerprint density at radius 2 is 1.35 bits per heavy atom. The molecule has 2 aromatic carbocycles. The van der Waals surface area contributed by atoms with Crippen LogP contribution in [0.3, 0.4) is 0 Å². The van der Waals surface area contributed by atoms with Gasteiger partial charge in [0.15, 0.2) is 0 Å². The first kappa shape index (κ1) is 13.6. The first-order valence-corrected chi connectivity index (χ1v) is 10.5. The Morgan fingerprint density at radius 1 is 0.800 bits per heavy atom. The van der Waals surface area contributed by atoms with Crippen molar-refractivity contribution in [3.63, 3.8) is 0 Å². The summed E-state index contributed by atoms with van der Waals surface area (Å²) in [6, 6.07) is 14.2. The van der Waals surface area contributed by atoms with Crippen molar-refractivity contribution < 1.29 is 0 Å². The minimum Gasteiger partial charge on any atom is -0.0617 e. The van der Waals surface area contributed by atoms with Crippen LogP contribution in [0.15, 0.2) is 36.4 Å². The molecule has 0 unspecified atom stereocenters. The highest BCUT2D eigenvalue weighted by Crippen LogP contribution is 2.32. The highest BCUT2D eigenvalue weighted by Gasteiger charge is 2.37. The van der Waals surface area contributed by atoms with Gasteiger partial charge in [0, 0.05) is 0 Å². The summed E-state index contributed by atoms with van der Waals surface area (Å²) in [5, 5.41) is 3.20. The summed E-state index contributed by atoms with van der Waals surface area (Å²) < 4.78 is 0. The molecule has 104 valence electrons. The Bertz CT molecular complexity index is 687. The second-order valence-corrected chi connectivity index (χ2v) is 12.0. The van der Waals surface area contributed by atoms with E-state index in [0.29, 0.717) is 0 Å². The van der Waals surface area contributed by atoms with Crippen LogP contribution < -0.4 is 10.4 Å². The lowest BCUT2D eigenvalue weighted by molar-refractivity contribution is 0.590. The summed E-state index contributed by atoms with van der Waals surface area (Å²) in [4.78, 5) is 0. The normalized spacial score (nSPS) is 15.9. The largest absolute Gasteiger partial charge is 0.113 e. The molecule has 1 heteroatoms. The number of benzene rings is 2. The van der Waals surface area contributed by atoms with Crippen molar-refractivity contribution in [3.05, 3.63) is 47.5 Å². The molecule has 0 nitrogen and oxygen atoms in total. The summed E-state index contributed by atoms with van der Waals surface area (Å²) in [6.07, 6.45) is 0.